The molecule has 4 nitrogen and oxygen atoms in total. The van der Waals surface area contributed by atoms with Crippen LogP contribution in [0.3, 0.4) is 0 Å². The second-order valence-electron chi connectivity index (χ2n) is 6.26. The molecule has 126 valence electrons. The Bertz CT molecular complexity index is 538. The van der Waals surface area contributed by atoms with Crippen LogP contribution in [-0.4, -0.2) is 44.6 Å². The molecule has 0 radical (unpaired) electrons. The number of para-hydroxylation sites is 1. The van der Waals surface area contributed by atoms with Gasteiger partial charge < -0.3 is 15.0 Å². The second kappa shape index (κ2) is 9.36. The largest absolute Gasteiger partial charge is 0.491 e. The van der Waals surface area contributed by atoms with E-state index in [2.05, 4.69) is 16.3 Å². The Kier molecular flexibility index (Phi) is 7.14. The number of nitrogens with one attached hydrogen (secondary N) is 1. The van der Waals surface area contributed by atoms with E-state index in [1.165, 1.54) is 31.3 Å². The molecule has 0 heterocycles. The van der Waals surface area contributed by atoms with Gasteiger partial charge in [-0.3, -0.25) is 4.79 Å². The van der Waals surface area contributed by atoms with Gasteiger partial charge in [0.05, 0.1) is 5.56 Å². The summed E-state index contributed by atoms with van der Waals surface area (Å²) in [5.74, 6) is 0.602. The van der Waals surface area contributed by atoms with Crippen LogP contribution in [-0.2, 0) is 0 Å². The van der Waals surface area contributed by atoms with Gasteiger partial charge in [-0.15, -0.1) is 0 Å². The summed E-state index contributed by atoms with van der Waals surface area (Å²) in [6.07, 6.45) is 8.23. The lowest BCUT2D eigenvalue weighted by molar-refractivity contribution is 0.0949. The Morgan fingerprint density at radius 1 is 1.26 bits per heavy atom. The molecule has 1 aromatic carbocycles. The molecule has 0 fully saturated rings. The third kappa shape index (κ3) is 6.06. The van der Waals surface area contributed by atoms with E-state index < -0.39 is 0 Å². The predicted molar refractivity (Wildman–Crippen MR) is 94.0 cm³/mol. The minimum absolute atomic E-state index is 0.0538. The number of ether oxygens (including phenoxy) is 1. The van der Waals surface area contributed by atoms with E-state index >= 15 is 0 Å². The number of rotatable bonds is 8. The zero-order valence-corrected chi connectivity index (χ0v) is 14.3. The first-order valence-corrected chi connectivity index (χ1v) is 8.49. The van der Waals surface area contributed by atoms with Crippen molar-refractivity contribution in [1.29, 1.82) is 0 Å². The standard InChI is InChI=1S/C19H28N2O2/c1-21(2)14-15-23-18-11-7-6-10-17(18)19(22)20-13-12-16-8-4-3-5-9-16/h6-8,10-11H,3-5,9,12-15H2,1-2H3,(H,20,22). The predicted octanol–water partition coefficient (Wildman–Crippen LogP) is 3.25. The molecule has 0 atom stereocenters. The zero-order chi connectivity index (χ0) is 16.5. The maximum atomic E-state index is 12.4. The smallest absolute Gasteiger partial charge is 0.255 e. The molecule has 1 N–H and O–H groups in total. The third-order valence-corrected chi connectivity index (χ3v) is 4.04. The van der Waals surface area contributed by atoms with Crippen LogP contribution < -0.4 is 10.1 Å². The second-order valence-corrected chi connectivity index (χ2v) is 6.26. The highest BCUT2D eigenvalue weighted by Gasteiger charge is 2.12. The summed E-state index contributed by atoms with van der Waals surface area (Å²) in [7, 11) is 4.00. The highest BCUT2D eigenvalue weighted by atomic mass is 16.5. The zero-order valence-electron chi connectivity index (χ0n) is 14.3. The van der Waals surface area contributed by atoms with E-state index in [-0.39, 0.29) is 5.91 Å². The van der Waals surface area contributed by atoms with Crippen LogP contribution in [0.5, 0.6) is 5.75 Å². The number of allylic oxidation sites excluding steroid dienone is 1. The van der Waals surface area contributed by atoms with Gasteiger partial charge in [0, 0.05) is 13.1 Å². The molecule has 0 spiro atoms. The van der Waals surface area contributed by atoms with Crippen molar-refractivity contribution in [3.05, 3.63) is 41.5 Å². The molecule has 0 aliphatic heterocycles. The highest BCUT2D eigenvalue weighted by molar-refractivity contribution is 5.96. The van der Waals surface area contributed by atoms with Gasteiger partial charge in [-0.2, -0.15) is 0 Å². The van der Waals surface area contributed by atoms with Gasteiger partial charge in [0.2, 0.25) is 0 Å². The van der Waals surface area contributed by atoms with Crippen molar-refractivity contribution in [1.82, 2.24) is 10.2 Å². The first-order valence-electron chi connectivity index (χ1n) is 8.49. The lowest BCUT2D eigenvalue weighted by Gasteiger charge is -2.15. The maximum Gasteiger partial charge on any atom is 0.255 e. The molecule has 4 heteroatoms. The summed E-state index contributed by atoms with van der Waals surface area (Å²) in [6, 6.07) is 7.44. The van der Waals surface area contributed by atoms with E-state index in [4.69, 9.17) is 4.74 Å². The van der Waals surface area contributed by atoms with Crippen LogP contribution >= 0.6 is 0 Å². The fourth-order valence-electron chi connectivity index (χ4n) is 2.68. The fourth-order valence-corrected chi connectivity index (χ4v) is 2.68. The normalized spacial score (nSPS) is 14.5. The summed E-state index contributed by atoms with van der Waals surface area (Å²) < 4.78 is 5.75. The van der Waals surface area contributed by atoms with Gasteiger partial charge in [-0.1, -0.05) is 23.8 Å². The molecular formula is C19H28N2O2. The van der Waals surface area contributed by atoms with Crippen LogP contribution in [0.25, 0.3) is 0 Å². The van der Waals surface area contributed by atoms with Crippen LogP contribution in [0.15, 0.2) is 35.9 Å². The lowest BCUT2D eigenvalue weighted by Crippen LogP contribution is -2.26. The van der Waals surface area contributed by atoms with E-state index in [1.54, 1.807) is 0 Å². The van der Waals surface area contributed by atoms with Crippen molar-refractivity contribution in [2.45, 2.75) is 32.1 Å². The van der Waals surface area contributed by atoms with E-state index in [0.717, 1.165) is 13.0 Å². The summed E-state index contributed by atoms with van der Waals surface area (Å²) in [5.41, 5.74) is 2.09. The Labute approximate surface area is 139 Å². The molecule has 1 aromatic rings. The molecule has 1 aliphatic carbocycles. The van der Waals surface area contributed by atoms with Gasteiger partial charge in [-0.05, 0) is 58.3 Å². The Morgan fingerprint density at radius 2 is 2.09 bits per heavy atom. The van der Waals surface area contributed by atoms with Gasteiger partial charge in [0.15, 0.2) is 0 Å². The fraction of sp³-hybridized carbons (Fsp3) is 0.526. The van der Waals surface area contributed by atoms with Crippen molar-refractivity contribution in [3.63, 3.8) is 0 Å². The quantitative estimate of drug-likeness (QED) is 0.749. The van der Waals surface area contributed by atoms with E-state index in [1.807, 2.05) is 38.4 Å². The molecule has 0 unspecified atom stereocenters. The minimum atomic E-state index is -0.0538. The van der Waals surface area contributed by atoms with Gasteiger partial charge in [0.25, 0.3) is 5.91 Å². The van der Waals surface area contributed by atoms with Crippen LogP contribution in [0.4, 0.5) is 0 Å². The number of benzene rings is 1. The Hall–Kier alpha value is -1.81. The molecule has 23 heavy (non-hydrogen) atoms. The Morgan fingerprint density at radius 3 is 2.83 bits per heavy atom. The first-order chi connectivity index (χ1) is 11.2. The summed E-state index contributed by atoms with van der Waals surface area (Å²) in [4.78, 5) is 14.4. The van der Waals surface area contributed by atoms with Crippen LogP contribution in [0, 0.1) is 0 Å². The number of likely N-dealkylation sites (N-methyl/N-ethyl adjacent to an activating group) is 1. The van der Waals surface area contributed by atoms with Crippen molar-refractivity contribution in [2.75, 3.05) is 33.8 Å². The van der Waals surface area contributed by atoms with Gasteiger partial charge >= 0.3 is 0 Å². The molecule has 1 aliphatic rings. The van der Waals surface area contributed by atoms with Crippen LogP contribution in [0.1, 0.15) is 42.5 Å². The number of amides is 1. The molecule has 0 bridgehead atoms. The van der Waals surface area contributed by atoms with Crippen molar-refractivity contribution < 1.29 is 9.53 Å². The first kappa shape index (κ1) is 17.5. The molecule has 0 saturated carbocycles. The minimum Gasteiger partial charge on any atom is -0.491 e. The average molecular weight is 316 g/mol. The maximum absolute atomic E-state index is 12.4. The molecule has 0 aromatic heterocycles. The van der Waals surface area contributed by atoms with Crippen molar-refractivity contribution >= 4 is 5.91 Å². The van der Waals surface area contributed by atoms with E-state index in [0.29, 0.717) is 24.5 Å². The lowest BCUT2D eigenvalue weighted by atomic mass is 9.97. The average Bonchev–Trinajstić information content (AvgIpc) is 2.56. The topological polar surface area (TPSA) is 41.6 Å². The van der Waals surface area contributed by atoms with Crippen LogP contribution in [0.2, 0.25) is 0 Å². The Balaban J connectivity index is 1.84. The number of hydrogen-bond acceptors (Lipinski definition) is 3. The summed E-state index contributed by atoms with van der Waals surface area (Å²) >= 11 is 0. The van der Waals surface area contributed by atoms with Crippen molar-refractivity contribution in [3.8, 4) is 5.75 Å². The van der Waals surface area contributed by atoms with Gasteiger partial charge in [-0.25, -0.2) is 0 Å². The number of hydrogen-bond donors (Lipinski definition) is 1. The number of carbonyl (C=O) groups excluding carboxylic acids is 1. The summed E-state index contributed by atoms with van der Waals surface area (Å²) in [6.45, 7) is 2.09. The van der Waals surface area contributed by atoms with Gasteiger partial charge in [0.1, 0.15) is 12.4 Å². The summed E-state index contributed by atoms with van der Waals surface area (Å²) in [5, 5.41) is 3.02. The molecule has 0 saturated heterocycles. The SMILES string of the molecule is CN(C)CCOc1ccccc1C(=O)NCCC1=CCCCC1. The molecular weight excluding hydrogens is 288 g/mol. The van der Waals surface area contributed by atoms with Crippen molar-refractivity contribution in [2.24, 2.45) is 0 Å². The van der Waals surface area contributed by atoms with E-state index in [9.17, 15) is 4.79 Å². The number of nitrogens with zero attached hydrogens (tertiary/aromatic N) is 1. The molecule has 1 amide bonds. The number of carbonyl (C=O) groups is 1. The highest BCUT2D eigenvalue weighted by Crippen LogP contribution is 2.20. The monoisotopic (exact) mass is 316 g/mol. The third-order valence-electron chi connectivity index (χ3n) is 4.04. The molecule has 2 rings (SSSR count).